The summed E-state index contributed by atoms with van der Waals surface area (Å²) in [6.45, 7) is 5.22. The van der Waals surface area contributed by atoms with Gasteiger partial charge in [-0.1, -0.05) is 54.1 Å². The average molecular weight is 573 g/mol. The van der Waals surface area contributed by atoms with Crippen LogP contribution in [0.25, 0.3) is 16.9 Å². The van der Waals surface area contributed by atoms with Gasteiger partial charge in [0.05, 0.1) is 28.5 Å². The summed E-state index contributed by atoms with van der Waals surface area (Å²) in [7, 11) is 0. The van der Waals surface area contributed by atoms with E-state index in [0.717, 1.165) is 58.0 Å². The van der Waals surface area contributed by atoms with E-state index in [1.54, 1.807) is 28.0 Å². The number of carbonyl (C=O) groups is 2. The van der Waals surface area contributed by atoms with Gasteiger partial charge in [-0.05, 0) is 49.8 Å². The molecule has 206 valence electrons. The number of hydrogen-bond acceptors (Lipinski definition) is 6. The van der Waals surface area contributed by atoms with Crippen LogP contribution in [0.3, 0.4) is 0 Å². The minimum atomic E-state index is -0.205. The van der Waals surface area contributed by atoms with E-state index in [-0.39, 0.29) is 35.5 Å². The Morgan fingerprint density at radius 1 is 1.12 bits per heavy atom. The number of amides is 2. The van der Waals surface area contributed by atoms with E-state index in [4.69, 9.17) is 9.84 Å². The van der Waals surface area contributed by atoms with Crippen molar-refractivity contribution in [2.24, 2.45) is 0 Å². The third-order valence-electron chi connectivity index (χ3n) is 7.37. The molecule has 2 aromatic carbocycles. The summed E-state index contributed by atoms with van der Waals surface area (Å²) in [5, 5.41) is 10.2. The molecule has 0 bridgehead atoms. The van der Waals surface area contributed by atoms with E-state index in [2.05, 4.69) is 54.9 Å². The van der Waals surface area contributed by atoms with Crippen LogP contribution in [0, 0.1) is 13.8 Å². The zero-order chi connectivity index (χ0) is 27.6. The van der Waals surface area contributed by atoms with Crippen LogP contribution in [-0.4, -0.2) is 53.1 Å². The second-order valence-corrected chi connectivity index (χ2v) is 12.4. The Labute approximate surface area is 242 Å². The maximum atomic E-state index is 13.8. The fourth-order valence-corrected chi connectivity index (χ4v) is 7.61. The van der Waals surface area contributed by atoms with E-state index in [9.17, 15) is 9.59 Å². The number of carbonyl (C=O) groups excluding carboxylic acids is 2. The average Bonchev–Trinajstić information content (AvgIpc) is 3.72. The molecule has 0 unspecified atom stereocenters. The number of aryl methyl sites for hydroxylation is 2. The SMILES string of the molecule is Cc1ccc(-n2nc(-c3ccccc3)c3c2N(CC(=O)NC[C@H]2CCCO2)C(=O)CS[C@@H]3c2cccs2)c(C)c1. The first-order valence-electron chi connectivity index (χ1n) is 13.6. The Morgan fingerprint density at radius 2 is 1.98 bits per heavy atom. The van der Waals surface area contributed by atoms with Crippen LogP contribution in [0.1, 0.15) is 39.7 Å². The number of nitrogens with zero attached hydrogens (tertiary/aromatic N) is 3. The van der Waals surface area contributed by atoms with E-state index in [0.29, 0.717) is 12.4 Å². The quantitative estimate of drug-likeness (QED) is 0.308. The van der Waals surface area contributed by atoms with Gasteiger partial charge in [0, 0.05) is 29.2 Å². The molecule has 9 heteroatoms. The molecule has 2 aliphatic rings. The highest BCUT2D eigenvalue weighted by Crippen LogP contribution is 2.49. The monoisotopic (exact) mass is 572 g/mol. The molecule has 2 atom stereocenters. The van der Waals surface area contributed by atoms with Gasteiger partial charge in [-0.15, -0.1) is 23.1 Å². The van der Waals surface area contributed by atoms with Crippen LogP contribution in [0.2, 0.25) is 0 Å². The van der Waals surface area contributed by atoms with Crippen LogP contribution in [0.15, 0.2) is 66.0 Å². The summed E-state index contributed by atoms with van der Waals surface area (Å²) in [6.07, 6.45) is 1.97. The fraction of sp³-hybridized carbons (Fsp3) is 0.323. The second-order valence-electron chi connectivity index (χ2n) is 10.3. The van der Waals surface area contributed by atoms with Crippen molar-refractivity contribution < 1.29 is 14.3 Å². The van der Waals surface area contributed by atoms with Gasteiger partial charge in [-0.2, -0.15) is 5.10 Å². The molecule has 1 N–H and O–H groups in total. The maximum absolute atomic E-state index is 13.8. The molecule has 1 fully saturated rings. The number of nitrogens with one attached hydrogen (secondary N) is 1. The zero-order valence-electron chi connectivity index (χ0n) is 22.6. The molecule has 0 radical (unpaired) electrons. The van der Waals surface area contributed by atoms with E-state index in [1.807, 2.05) is 35.0 Å². The highest BCUT2D eigenvalue weighted by molar-refractivity contribution is 8.00. The van der Waals surface area contributed by atoms with Crippen molar-refractivity contribution in [2.45, 2.75) is 38.0 Å². The maximum Gasteiger partial charge on any atom is 0.240 e. The van der Waals surface area contributed by atoms with E-state index < -0.39 is 0 Å². The summed E-state index contributed by atoms with van der Waals surface area (Å²) in [5.74, 6) is 0.607. The van der Waals surface area contributed by atoms with Gasteiger partial charge in [-0.25, -0.2) is 4.68 Å². The van der Waals surface area contributed by atoms with Gasteiger partial charge < -0.3 is 10.1 Å². The Kier molecular flexibility index (Phi) is 7.78. The third kappa shape index (κ3) is 5.33. The third-order valence-corrected chi connectivity index (χ3v) is 9.69. The molecule has 40 heavy (non-hydrogen) atoms. The number of benzene rings is 2. The second kappa shape index (κ2) is 11.6. The number of ether oxygens (including phenoxy) is 1. The number of hydrogen-bond donors (Lipinski definition) is 1. The lowest BCUT2D eigenvalue weighted by atomic mass is 10.0. The van der Waals surface area contributed by atoms with Crippen molar-refractivity contribution in [1.82, 2.24) is 15.1 Å². The number of fused-ring (bicyclic) bond motifs is 1. The van der Waals surface area contributed by atoms with Crippen LogP contribution in [-0.2, 0) is 14.3 Å². The number of thiophene rings is 1. The van der Waals surface area contributed by atoms with Gasteiger partial charge in [0.1, 0.15) is 12.4 Å². The number of anilines is 1. The molecule has 0 saturated carbocycles. The van der Waals surface area contributed by atoms with Crippen molar-refractivity contribution in [3.8, 4) is 16.9 Å². The predicted octanol–water partition coefficient (Wildman–Crippen LogP) is 5.68. The summed E-state index contributed by atoms with van der Waals surface area (Å²) < 4.78 is 7.57. The first-order chi connectivity index (χ1) is 19.5. The Balaban J connectivity index is 1.52. The van der Waals surface area contributed by atoms with Gasteiger partial charge >= 0.3 is 0 Å². The molecular formula is C31H32N4O3S2. The molecule has 6 rings (SSSR count). The number of rotatable bonds is 7. The molecule has 1 saturated heterocycles. The highest BCUT2D eigenvalue weighted by atomic mass is 32.2. The lowest BCUT2D eigenvalue weighted by molar-refractivity contribution is -0.123. The molecule has 2 amide bonds. The highest BCUT2D eigenvalue weighted by Gasteiger charge is 2.38. The Hall–Kier alpha value is -3.40. The minimum absolute atomic E-state index is 0.0310. The first-order valence-corrected chi connectivity index (χ1v) is 15.5. The van der Waals surface area contributed by atoms with Crippen molar-refractivity contribution in [3.05, 3.63) is 87.6 Å². The molecule has 7 nitrogen and oxygen atoms in total. The van der Waals surface area contributed by atoms with Crippen molar-refractivity contribution in [1.29, 1.82) is 0 Å². The molecular weight excluding hydrogens is 541 g/mol. The Morgan fingerprint density at radius 3 is 2.70 bits per heavy atom. The normalized spacial score (nSPS) is 18.9. The molecule has 2 aliphatic heterocycles. The molecule has 0 spiro atoms. The summed E-state index contributed by atoms with van der Waals surface area (Å²) in [6, 6.07) is 20.5. The smallest absolute Gasteiger partial charge is 0.240 e. The van der Waals surface area contributed by atoms with Crippen molar-refractivity contribution >= 4 is 40.7 Å². The van der Waals surface area contributed by atoms with E-state index >= 15 is 0 Å². The van der Waals surface area contributed by atoms with Crippen molar-refractivity contribution in [2.75, 3.05) is 30.3 Å². The number of aromatic nitrogens is 2. The molecule has 2 aromatic heterocycles. The first kappa shape index (κ1) is 26.8. The topological polar surface area (TPSA) is 76.5 Å². The van der Waals surface area contributed by atoms with Crippen LogP contribution < -0.4 is 10.2 Å². The fourth-order valence-electron chi connectivity index (χ4n) is 5.44. The van der Waals surface area contributed by atoms with Crippen LogP contribution in [0.4, 0.5) is 5.82 Å². The standard InChI is InChI=1S/C31H32N4O3S2/c1-20-12-13-24(21(2)16-20)35-31-28(29(33-35)22-8-4-3-5-9-22)30(25-11-7-15-39-25)40-19-27(37)34(31)18-26(36)32-17-23-10-6-14-38-23/h3-5,7-9,11-13,15-16,23,30H,6,10,14,17-19H2,1-2H3,(H,32,36)/t23-,30-/m1/s1. The molecule has 0 aliphatic carbocycles. The molecule has 4 aromatic rings. The van der Waals surface area contributed by atoms with Crippen LogP contribution >= 0.6 is 23.1 Å². The largest absolute Gasteiger partial charge is 0.376 e. The van der Waals surface area contributed by atoms with Gasteiger partial charge in [0.25, 0.3) is 0 Å². The van der Waals surface area contributed by atoms with Crippen molar-refractivity contribution in [3.63, 3.8) is 0 Å². The Bertz CT molecular complexity index is 1510. The van der Waals surface area contributed by atoms with E-state index in [1.165, 1.54) is 0 Å². The predicted molar refractivity (Wildman–Crippen MR) is 161 cm³/mol. The molecule has 4 heterocycles. The number of thioether (sulfide) groups is 1. The summed E-state index contributed by atoms with van der Waals surface area (Å²) in [5.41, 5.74) is 5.83. The minimum Gasteiger partial charge on any atom is -0.376 e. The lowest BCUT2D eigenvalue weighted by Gasteiger charge is -2.24. The lowest BCUT2D eigenvalue weighted by Crippen LogP contribution is -2.44. The van der Waals surface area contributed by atoms with Gasteiger partial charge in [0.2, 0.25) is 11.8 Å². The van der Waals surface area contributed by atoms with Crippen LogP contribution in [0.5, 0.6) is 0 Å². The van der Waals surface area contributed by atoms with Gasteiger partial charge in [-0.3, -0.25) is 14.5 Å². The van der Waals surface area contributed by atoms with Gasteiger partial charge in [0.15, 0.2) is 0 Å². The zero-order valence-corrected chi connectivity index (χ0v) is 24.3. The summed E-state index contributed by atoms with van der Waals surface area (Å²) in [4.78, 5) is 29.9. The summed E-state index contributed by atoms with van der Waals surface area (Å²) >= 11 is 3.27.